The molecule has 1 unspecified atom stereocenters. The van der Waals surface area contributed by atoms with Crippen LogP contribution in [-0.4, -0.2) is 23.3 Å². The maximum absolute atomic E-state index is 12.6. The molecule has 156 valence electrons. The molecular formula is C21H24ClF3N4. The molecule has 0 radical (unpaired) electrons. The van der Waals surface area contributed by atoms with Crippen LogP contribution >= 0.6 is 11.6 Å². The lowest BCUT2D eigenvalue weighted by Gasteiger charge is -2.47. The largest absolute Gasteiger partial charge is 0.417 e. The Balaban J connectivity index is 1.81. The Morgan fingerprint density at radius 2 is 2.07 bits per heavy atom. The molecule has 0 fully saturated rings. The van der Waals surface area contributed by atoms with Crippen LogP contribution in [0.1, 0.15) is 56.7 Å². The number of benzene rings is 1. The second-order valence-corrected chi connectivity index (χ2v) is 8.30. The van der Waals surface area contributed by atoms with Gasteiger partial charge >= 0.3 is 6.18 Å². The summed E-state index contributed by atoms with van der Waals surface area (Å²) in [7, 11) is 0. The summed E-state index contributed by atoms with van der Waals surface area (Å²) in [6, 6.07) is 6.19. The Morgan fingerprint density at radius 1 is 1.34 bits per heavy atom. The molecule has 8 heteroatoms. The van der Waals surface area contributed by atoms with Gasteiger partial charge in [-0.05, 0) is 62.9 Å². The van der Waals surface area contributed by atoms with Gasteiger partial charge in [-0.25, -0.2) is 4.98 Å². The standard InChI is InChI=1S/C21H24ClF3N4/c1-5-29-18-9-17(22)14(8-16(18)13(2)10-20(29,3)4)11-27-28-19-7-6-15(12-26-19)21(23,24)25/h6-9,11-13H,5,10H2,1-4H3,(H,26,28)/b27-11+. The van der Waals surface area contributed by atoms with Crippen LogP contribution in [0.2, 0.25) is 5.02 Å². The van der Waals surface area contributed by atoms with E-state index in [0.717, 1.165) is 36.5 Å². The van der Waals surface area contributed by atoms with E-state index in [9.17, 15) is 13.2 Å². The number of halogens is 4. The minimum atomic E-state index is -4.41. The molecular weight excluding hydrogens is 401 g/mol. The summed E-state index contributed by atoms with van der Waals surface area (Å²) in [5.41, 5.74) is 4.98. The Labute approximate surface area is 173 Å². The molecule has 3 rings (SSSR count). The van der Waals surface area contributed by atoms with E-state index in [1.54, 1.807) is 6.21 Å². The molecule has 1 N–H and O–H groups in total. The maximum atomic E-state index is 12.6. The van der Waals surface area contributed by atoms with Crippen LogP contribution < -0.4 is 10.3 Å². The van der Waals surface area contributed by atoms with Crippen LogP contribution in [0.5, 0.6) is 0 Å². The zero-order valence-corrected chi connectivity index (χ0v) is 17.6. The molecule has 2 aromatic rings. The first-order valence-electron chi connectivity index (χ1n) is 9.46. The SMILES string of the molecule is CCN1c2cc(Cl)c(/C=N/Nc3ccc(C(F)(F)F)cn3)cc2C(C)CC1(C)C. The van der Waals surface area contributed by atoms with E-state index in [-0.39, 0.29) is 11.4 Å². The predicted molar refractivity (Wildman–Crippen MR) is 112 cm³/mol. The smallest absolute Gasteiger partial charge is 0.366 e. The second-order valence-electron chi connectivity index (χ2n) is 7.89. The molecule has 2 heterocycles. The minimum absolute atomic E-state index is 0.0515. The van der Waals surface area contributed by atoms with Crippen molar-refractivity contribution in [3.8, 4) is 0 Å². The first-order chi connectivity index (χ1) is 13.5. The number of aromatic nitrogens is 1. The summed E-state index contributed by atoms with van der Waals surface area (Å²) in [5.74, 6) is 0.590. The van der Waals surface area contributed by atoms with Gasteiger partial charge in [0, 0.05) is 29.5 Å². The van der Waals surface area contributed by atoms with Gasteiger partial charge in [0.15, 0.2) is 0 Å². The number of hydrogen-bond donors (Lipinski definition) is 1. The van der Waals surface area contributed by atoms with Gasteiger partial charge in [-0.2, -0.15) is 18.3 Å². The normalized spacial score (nSPS) is 18.8. The quantitative estimate of drug-likeness (QED) is 0.461. The van der Waals surface area contributed by atoms with E-state index in [4.69, 9.17) is 11.6 Å². The lowest BCUT2D eigenvalue weighted by molar-refractivity contribution is -0.137. The molecule has 4 nitrogen and oxygen atoms in total. The second kappa shape index (κ2) is 7.86. The number of hydrogen-bond acceptors (Lipinski definition) is 4. The van der Waals surface area contributed by atoms with Gasteiger partial charge in [0.05, 0.1) is 16.8 Å². The highest BCUT2D eigenvalue weighted by molar-refractivity contribution is 6.33. The van der Waals surface area contributed by atoms with Crippen molar-refractivity contribution in [1.82, 2.24) is 4.98 Å². The Hall–Kier alpha value is -2.28. The van der Waals surface area contributed by atoms with Gasteiger partial charge in [0.1, 0.15) is 5.82 Å². The number of anilines is 2. The first-order valence-corrected chi connectivity index (χ1v) is 9.84. The number of nitrogens with zero attached hydrogens (tertiary/aromatic N) is 3. The Morgan fingerprint density at radius 3 is 2.66 bits per heavy atom. The van der Waals surface area contributed by atoms with Gasteiger partial charge in [-0.15, -0.1) is 0 Å². The van der Waals surface area contributed by atoms with Gasteiger partial charge in [-0.1, -0.05) is 18.5 Å². The van der Waals surface area contributed by atoms with E-state index < -0.39 is 11.7 Å². The summed E-state index contributed by atoms with van der Waals surface area (Å²) in [6.07, 6.45) is -1.06. The number of pyridine rings is 1. The lowest BCUT2D eigenvalue weighted by Crippen LogP contribution is -2.48. The third-order valence-electron chi connectivity index (χ3n) is 5.29. The Kier molecular flexibility index (Phi) is 5.81. The monoisotopic (exact) mass is 424 g/mol. The van der Waals surface area contributed by atoms with Gasteiger partial charge < -0.3 is 4.90 Å². The van der Waals surface area contributed by atoms with Crippen molar-refractivity contribution in [3.05, 3.63) is 52.2 Å². The molecule has 29 heavy (non-hydrogen) atoms. The number of fused-ring (bicyclic) bond motifs is 1. The molecule has 0 amide bonds. The van der Waals surface area contributed by atoms with Crippen LogP contribution in [0.4, 0.5) is 24.7 Å². The third-order valence-corrected chi connectivity index (χ3v) is 5.62. The topological polar surface area (TPSA) is 40.5 Å². The van der Waals surface area contributed by atoms with Crippen LogP contribution in [0.25, 0.3) is 0 Å². The molecule has 0 saturated heterocycles. The van der Waals surface area contributed by atoms with Crippen LogP contribution in [0.15, 0.2) is 35.6 Å². The molecule has 1 aromatic heterocycles. The number of alkyl halides is 3. The zero-order valence-electron chi connectivity index (χ0n) is 16.8. The summed E-state index contributed by atoms with van der Waals surface area (Å²) in [6.45, 7) is 9.69. The van der Waals surface area contributed by atoms with E-state index in [1.807, 2.05) is 12.1 Å². The van der Waals surface area contributed by atoms with Crippen molar-refractivity contribution in [3.63, 3.8) is 0 Å². The van der Waals surface area contributed by atoms with Crippen molar-refractivity contribution in [2.45, 2.75) is 51.7 Å². The molecule has 1 atom stereocenters. The summed E-state index contributed by atoms with van der Waals surface area (Å²) in [4.78, 5) is 6.09. The number of hydrazone groups is 1. The number of rotatable bonds is 4. The minimum Gasteiger partial charge on any atom is -0.366 e. The zero-order chi connectivity index (χ0) is 21.4. The summed E-state index contributed by atoms with van der Waals surface area (Å²) in [5, 5.41) is 4.66. The molecule has 0 saturated carbocycles. The maximum Gasteiger partial charge on any atom is 0.417 e. The van der Waals surface area contributed by atoms with Gasteiger partial charge in [-0.3, -0.25) is 5.43 Å². The van der Waals surface area contributed by atoms with E-state index in [0.29, 0.717) is 10.9 Å². The summed E-state index contributed by atoms with van der Waals surface area (Å²) < 4.78 is 37.8. The van der Waals surface area contributed by atoms with Gasteiger partial charge in [0.2, 0.25) is 0 Å². The molecule has 0 aliphatic carbocycles. The molecule has 0 spiro atoms. The van der Waals surface area contributed by atoms with Crippen LogP contribution in [-0.2, 0) is 6.18 Å². The summed E-state index contributed by atoms with van der Waals surface area (Å²) >= 11 is 6.49. The predicted octanol–water partition coefficient (Wildman–Crippen LogP) is 6.31. The lowest BCUT2D eigenvalue weighted by atomic mass is 9.79. The molecule has 0 bridgehead atoms. The van der Waals surface area contributed by atoms with E-state index in [2.05, 4.69) is 48.1 Å². The fourth-order valence-corrected chi connectivity index (χ4v) is 4.22. The van der Waals surface area contributed by atoms with Crippen LogP contribution in [0, 0.1) is 0 Å². The van der Waals surface area contributed by atoms with Crippen molar-refractivity contribution < 1.29 is 13.2 Å². The van der Waals surface area contributed by atoms with Crippen molar-refractivity contribution in [2.75, 3.05) is 16.9 Å². The van der Waals surface area contributed by atoms with Crippen LogP contribution in [0.3, 0.4) is 0 Å². The fraction of sp³-hybridized carbons (Fsp3) is 0.429. The third kappa shape index (κ3) is 4.50. The van der Waals surface area contributed by atoms with Crippen molar-refractivity contribution in [2.24, 2.45) is 5.10 Å². The highest BCUT2D eigenvalue weighted by Crippen LogP contribution is 2.44. The highest BCUT2D eigenvalue weighted by Gasteiger charge is 2.36. The molecule has 1 aromatic carbocycles. The van der Waals surface area contributed by atoms with E-state index in [1.165, 1.54) is 11.6 Å². The highest BCUT2D eigenvalue weighted by atomic mass is 35.5. The number of nitrogens with one attached hydrogen (secondary N) is 1. The average Bonchev–Trinajstić information content (AvgIpc) is 2.62. The van der Waals surface area contributed by atoms with Gasteiger partial charge in [0.25, 0.3) is 0 Å². The Bertz CT molecular complexity index is 907. The molecule has 1 aliphatic heterocycles. The molecule has 1 aliphatic rings. The van der Waals surface area contributed by atoms with Crippen molar-refractivity contribution in [1.29, 1.82) is 0 Å². The van der Waals surface area contributed by atoms with Crippen molar-refractivity contribution >= 4 is 29.3 Å². The first kappa shape index (κ1) is 21.4. The fourth-order valence-electron chi connectivity index (χ4n) is 4.01. The van der Waals surface area contributed by atoms with E-state index >= 15 is 0 Å². The average molecular weight is 425 g/mol.